The lowest BCUT2D eigenvalue weighted by atomic mass is 10.2. The van der Waals surface area contributed by atoms with Crippen LogP contribution in [0.15, 0.2) is 26.0 Å². The molecule has 0 fully saturated rings. The molecule has 2 aromatic rings. The number of halogens is 1. The second-order valence-corrected chi connectivity index (χ2v) is 4.01. The Morgan fingerprint density at radius 1 is 1.40 bits per heavy atom. The maximum atomic E-state index is 11.5. The molecule has 0 radical (unpaired) electrons. The van der Waals surface area contributed by atoms with E-state index >= 15 is 0 Å². The van der Waals surface area contributed by atoms with Gasteiger partial charge in [0.1, 0.15) is 0 Å². The smallest absolute Gasteiger partial charge is 0.254 e. The van der Waals surface area contributed by atoms with E-state index in [0.717, 1.165) is 0 Å². The van der Waals surface area contributed by atoms with E-state index in [2.05, 4.69) is 25.9 Å². The van der Waals surface area contributed by atoms with Crippen molar-refractivity contribution in [2.75, 3.05) is 0 Å². The molecule has 15 heavy (non-hydrogen) atoms. The molecule has 4 nitrogen and oxygen atoms in total. The maximum Gasteiger partial charge on any atom is 0.254 e. The van der Waals surface area contributed by atoms with E-state index in [1.54, 1.807) is 26.0 Å². The van der Waals surface area contributed by atoms with Crippen molar-refractivity contribution in [3.63, 3.8) is 0 Å². The normalized spacial score (nSPS) is 10.6. The summed E-state index contributed by atoms with van der Waals surface area (Å²) in [5.41, 5.74) is 1.20. The van der Waals surface area contributed by atoms with E-state index in [4.69, 9.17) is 4.42 Å². The van der Waals surface area contributed by atoms with Crippen LogP contribution in [0.2, 0.25) is 0 Å². The van der Waals surface area contributed by atoms with Crippen LogP contribution in [0.25, 0.3) is 11.6 Å². The Morgan fingerprint density at radius 3 is 2.67 bits per heavy atom. The van der Waals surface area contributed by atoms with Crippen LogP contribution >= 0.6 is 15.9 Å². The van der Waals surface area contributed by atoms with E-state index in [1.807, 2.05) is 0 Å². The predicted octanol–water partition coefficient (Wildman–Crippen LogP) is 2.41. The number of hydrogen-bond donors (Lipinski definition) is 1. The Kier molecular flexibility index (Phi) is 2.48. The molecular weight excluding hydrogens is 260 g/mol. The fourth-order valence-corrected chi connectivity index (χ4v) is 1.51. The van der Waals surface area contributed by atoms with Gasteiger partial charge >= 0.3 is 0 Å². The number of nitrogens with zero attached hydrogens (tertiary/aromatic N) is 1. The van der Waals surface area contributed by atoms with Gasteiger partial charge in [-0.05, 0) is 41.9 Å². The highest BCUT2D eigenvalue weighted by molar-refractivity contribution is 9.10. The molecule has 0 atom stereocenters. The first kappa shape index (κ1) is 10.2. The standard InChI is InChI=1S/C10H9BrN2O2/c1-5-6(2)12-9(13-10(5)14)7-3-4-8(11)15-7/h3-4H,1-2H3,(H,12,13,14). The Morgan fingerprint density at radius 2 is 2.13 bits per heavy atom. The minimum Gasteiger partial charge on any atom is -0.446 e. The predicted molar refractivity (Wildman–Crippen MR) is 59.7 cm³/mol. The van der Waals surface area contributed by atoms with Crippen LogP contribution in [-0.2, 0) is 0 Å². The van der Waals surface area contributed by atoms with Crippen molar-refractivity contribution in [1.29, 1.82) is 0 Å². The van der Waals surface area contributed by atoms with Gasteiger partial charge in [-0.15, -0.1) is 0 Å². The van der Waals surface area contributed by atoms with Gasteiger partial charge in [-0.2, -0.15) is 0 Å². The number of hydrogen-bond acceptors (Lipinski definition) is 3. The van der Waals surface area contributed by atoms with Crippen molar-refractivity contribution in [1.82, 2.24) is 9.97 Å². The number of nitrogens with one attached hydrogen (secondary N) is 1. The third-order valence-corrected chi connectivity index (χ3v) is 2.63. The van der Waals surface area contributed by atoms with E-state index in [1.165, 1.54) is 0 Å². The van der Waals surface area contributed by atoms with Crippen LogP contribution in [0.1, 0.15) is 11.3 Å². The molecule has 5 heteroatoms. The Labute approximate surface area is 94.5 Å². The minimum atomic E-state index is -0.134. The third kappa shape index (κ3) is 1.87. The molecule has 2 rings (SSSR count). The number of aryl methyl sites for hydroxylation is 1. The summed E-state index contributed by atoms with van der Waals surface area (Å²) in [5.74, 6) is 0.996. The molecule has 2 aromatic heterocycles. The molecule has 0 aliphatic rings. The van der Waals surface area contributed by atoms with Gasteiger partial charge in [-0.3, -0.25) is 4.79 Å². The molecule has 0 saturated heterocycles. The number of furan rings is 1. The zero-order valence-corrected chi connectivity index (χ0v) is 9.88. The number of aromatic amines is 1. The summed E-state index contributed by atoms with van der Waals surface area (Å²) < 4.78 is 5.91. The molecule has 1 N–H and O–H groups in total. The van der Waals surface area contributed by atoms with Crippen LogP contribution in [0.4, 0.5) is 0 Å². The first-order chi connectivity index (χ1) is 7.08. The Hall–Kier alpha value is -1.36. The van der Waals surface area contributed by atoms with Gasteiger partial charge in [0.25, 0.3) is 5.56 Å². The van der Waals surface area contributed by atoms with E-state index in [0.29, 0.717) is 27.5 Å². The van der Waals surface area contributed by atoms with E-state index in [9.17, 15) is 4.79 Å². The lowest BCUT2D eigenvalue weighted by Gasteiger charge is -2.00. The summed E-state index contributed by atoms with van der Waals surface area (Å²) in [6.45, 7) is 3.54. The van der Waals surface area contributed by atoms with Crippen LogP contribution in [0, 0.1) is 13.8 Å². The average Bonchev–Trinajstić information content (AvgIpc) is 2.60. The number of aromatic nitrogens is 2. The molecule has 2 heterocycles. The summed E-state index contributed by atoms with van der Waals surface area (Å²) in [6, 6.07) is 3.50. The summed E-state index contributed by atoms with van der Waals surface area (Å²) in [7, 11) is 0. The van der Waals surface area contributed by atoms with Crippen LogP contribution in [0.5, 0.6) is 0 Å². The highest BCUT2D eigenvalue weighted by Crippen LogP contribution is 2.21. The van der Waals surface area contributed by atoms with Gasteiger partial charge in [-0.25, -0.2) is 4.98 Å². The summed E-state index contributed by atoms with van der Waals surface area (Å²) in [6.07, 6.45) is 0. The zero-order valence-electron chi connectivity index (χ0n) is 8.30. The van der Waals surface area contributed by atoms with Crippen LogP contribution in [-0.4, -0.2) is 9.97 Å². The van der Waals surface area contributed by atoms with Crippen LogP contribution < -0.4 is 5.56 Å². The molecule has 0 aliphatic carbocycles. The van der Waals surface area contributed by atoms with Crippen molar-refractivity contribution in [3.8, 4) is 11.6 Å². The molecule has 0 aromatic carbocycles. The lowest BCUT2D eigenvalue weighted by molar-refractivity contribution is 0.550. The van der Waals surface area contributed by atoms with Gasteiger partial charge in [0, 0.05) is 11.3 Å². The van der Waals surface area contributed by atoms with Crippen molar-refractivity contribution in [2.24, 2.45) is 0 Å². The van der Waals surface area contributed by atoms with Crippen molar-refractivity contribution in [3.05, 3.63) is 38.4 Å². The minimum absolute atomic E-state index is 0.134. The van der Waals surface area contributed by atoms with Gasteiger partial charge < -0.3 is 9.40 Å². The molecule has 78 valence electrons. The lowest BCUT2D eigenvalue weighted by Crippen LogP contribution is -2.14. The maximum absolute atomic E-state index is 11.5. The topological polar surface area (TPSA) is 58.9 Å². The monoisotopic (exact) mass is 268 g/mol. The molecular formula is C10H9BrN2O2. The molecule has 0 unspecified atom stereocenters. The Balaban J connectivity index is 2.60. The highest BCUT2D eigenvalue weighted by atomic mass is 79.9. The summed E-state index contributed by atoms with van der Waals surface area (Å²) in [4.78, 5) is 18.4. The Bertz CT molecular complexity index is 557. The fourth-order valence-electron chi connectivity index (χ4n) is 1.20. The van der Waals surface area contributed by atoms with Gasteiger partial charge in [0.05, 0.1) is 0 Å². The fraction of sp³-hybridized carbons (Fsp3) is 0.200. The molecule has 0 bridgehead atoms. The van der Waals surface area contributed by atoms with Gasteiger partial charge in [0.2, 0.25) is 0 Å². The molecule has 0 saturated carbocycles. The third-order valence-electron chi connectivity index (χ3n) is 2.20. The second kappa shape index (κ2) is 3.66. The van der Waals surface area contributed by atoms with Gasteiger partial charge in [0.15, 0.2) is 16.3 Å². The molecule has 0 amide bonds. The SMILES string of the molecule is Cc1nc(-c2ccc(Br)o2)[nH]c(=O)c1C. The first-order valence-electron chi connectivity index (χ1n) is 4.41. The van der Waals surface area contributed by atoms with Crippen molar-refractivity contribution in [2.45, 2.75) is 13.8 Å². The van der Waals surface area contributed by atoms with E-state index in [-0.39, 0.29) is 5.56 Å². The number of rotatable bonds is 1. The van der Waals surface area contributed by atoms with Crippen molar-refractivity contribution >= 4 is 15.9 Å². The first-order valence-corrected chi connectivity index (χ1v) is 5.20. The highest BCUT2D eigenvalue weighted by Gasteiger charge is 2.08. The quantitative estimate of drug-likeness (QED) is 0.864. The second-order valence-electron chi connectivity index (χ2n) is 3.23. The summed E-state index contributed by atoms with van der Waals surface area (Å²) >= 11 is 3.19. The molecule has 0 spiro atoms. The zero-order chi connectivity index (χ0) is 11.0. The van der Waals surface area contributed by atoms with Crippen molar-refractivity contribution < 1.29 is 4.42 Å². The number of H-pyrrole nitrogens is 1. The van der Waals surface area contributed by atoms with Gasteiger partial charge in [-0.1, -0.05) is 0 Å². The van der Waals surface area contributed by atoms with E-state index < -0.39 is 0 Å². The molecule has 0 aliphatic heterocycles. The largest absolute Gasteiger partial charge is 0.446 e. The average molecular weight is 269 g/mol. The van der Waals surface area contributed by atoms with Crippen LogP contribution in [0.3, 0.4) is 0 Å². The summed E-state index contributed by atoms with van der Waals surface area (Å²) in [5, 5.41) is 0.